The van der Waals surface area contributed by atoms with Gasteiger partial charge in [0.15, 0.2) is 0 Å². The average Bonchev–Trinajstić information content (AvgIpc) is 2.40. The highest BCUT2D eigenvalue weighted by Crippen LogP contribution is 2.20. The standard InChI is InChI=1S/C16H17Br/c1-2-16(17)12-13-8-10-15(11-9-13)14-6-4-3-5-7-14/h3-11,16H,2,12H2,1H3. The molecule has 0 N–H and O–H groups in total. The first-order valence-electron chi connectivity index (χ1n) is 6.08. The molecule has 1 unspecified atom stereocenters. The van der Waals surface area contributed by atoms with Crippen LogP contribution >= 0.6 is 15.9 Å². The van der Waals surface area contributed by atoms with Gasteiger partial charge in [-0.25, -0.2) is 0 Å². The maximum Gasteiger partial charge on any atom is 0.0183 e. The van der Waals surface area contributed by atoms with Crippen molar-refractivity contribution in [3.63, 3.8) is 0 Å². The Morgan fingerprint density at radius 1 is 0.882 bits per heavy atom. The SMILES string of the molecule is CCC(Br)Cc1ccc(-c2ccccc2)cc1. The Kier molecular flexibility index (Phi) is 4.38. The van der Waals surface area contributed by atoms with E-state index in [1.807, 2.05) is 0 Å². The summed E-state index contributed by atoms with van der Waals surface area (Å²) in [6.07, 6.45) is 2.27. The first kappa shape index (κ1) is 12.4. The molecule has 2 rings (SSSR count). The third-order valence-corrected chi connectivity index (χ3v) is 3.93. The van der Waals surface area contributed by atoms with Crippen LogP contribution in [-0.2, 0) is 6.42 Å². The molecule has 0 spiro atoms. The summed E-state index contributed by atoms with van der Waals surface area (Å²) in [5.41, 5.74) is 3.97. The Labute approximate surface area is 112 Å². The van der Waals surface area contributed by atoms with Gasteiger partial charge < -0.3 is 0 Å². The smallest absolute Gasteiger partial charge is 0.0183 e. The van der Waals surface area contributed by atoms with Gasteiger partial charge in [-0.15, -0.1) is 0 Å². The number of rotatable bonds is 4. The van der Waals surface area contributed by atoms with E-state index in [4.69, 9.17) is 0 Å². The van der Waals surface area contributed by atoms with Gasteiger partial charge in [-0.1, -0.05) is 77.5 Å². The summed E-state index contributed by atoms with van der Waals surface area (Å²) in [5.74, 6) is 0. The number of hydrogen-bond donors (Lipinski definition) is 0. The van der Waals surface area contributed by atoms with Gasteiger partial charge in [-0.05, 0) is 29.5 Å². The van der Waals surface area contributed by atoms with E-state index in [1.54, 1.807) is 0 Å². The maximum absolute atomic E-state index is 3.68. The third kappa shape index (κ3) is 3.44. The summed E-state index contributed by atoms with van der Waals surface area (Å²) < 4.78 is 0. The monoisotopic (exact) mass is 288 g/mol. The molecule has 0 aliphatic heterocycles. The summed E-state index contributed by atoms with van der Waals surface area (Å²) in [6.45, 7) is 2.21. The van der Waals surface area contributed by atoms with E-state index in [0.29, 0.717) is 4.83 Å². The lowest BCUT2D eigenvalue weighted by Gasteiger charge is -2.08. The van der Waals surface area contributed by atoms with Gasteiger partial charge in [0.05, 0.1) is 0 Å². The summed E-state index contributed by atoms with van der Waals surface area (Å²) >= 11 is 3.68. The molecule has 0 bridgehead atoms. The first-order chi connectivity index (χ1) is 8.29. The Hall–Kier alpha value is -1.08. The van der Waals surface area contributed by atoms with Gasteiger partial charge in [-0.3, -0.25) is 0 Å². The van der Waals surface area contributed by atoms with Crippen molar-refractivity contribution in [1.29, 1.82) is 0 Å². The van der Waals surface area contributed by atoms with Gasteiger partial charge in [0.2, 0.25) is 0 Å². The molecule has 0 aromatic heterocycles. The summed E-state index contributed by atoms with van der Waals surface area (Å²) in [5, 5.41) is 0. The van der Waals surface area contributed by atoms with Gasteiger partial charge >= 0.3 is 0 Å². The van der Waals surface area contributed by atoms with Crippen molar-refractivity contribution in [3.8, 4) is 11.1 Å². The lowest BCUT2D eigenvalue weighted by molar-refractivity contribution is 0.830. The van der Waals surface area contributed by atoms with E-state index in [2.05, 4.69) is 77.5 Å². The molecule has 17 heavy (non-hydrogen) atoms. The van der Waals surface area contributed by atoms with Crippen molar-refractivity contribution in [2.45, 2.75) is 24.6 Å². The highest BCUT2D eigenvalue weighted by Gasteiger charge is 2.03. The van der Waals surface area contributed by atoms with Gasteiger partial charge in [0.25, 0.3) is 0 Å². The quantitative estimate of drug-likeness (QED) is 0.689. The number of halogens is 1. The molecule has 0 aliphatic rings. The Morgan fingerprint density at radius 2 is 1.47 bits per heavy atom. The van der Waals surface area contributed by atoms with Crippen LogP contribution in [0.1, 0.15) is 18.9 Å². The van der Waals surface area contributed by atoms with Crippen LogP contribution in [0.25, 0.3) is 11.1 Å². The Morgan fingerprint density at radius 3 is 2.06 bits per heavy atom. The van der Waals surface area contributed by atoms with E-state index in [1.165, 1.54) is 23.1 Å². The van der Waals surface area contributed by atoms with Crippen LogP contribution in [0, 0.1) is 0 Å². The van der Waals surface area contributed by atoms with Crippen LogP contribution in [0.15, 0.2) is 54.6 Å². The minimum atomic E-state index is 0.588. The van der Waals surface area contributed by atoms with E-state index in [-0.39, 0.29) is 0 Å². The van der Waals surface area contributed by atoms with E-state index >= 15 is 0 Å². The fourth-order valence-corrected chi connectivity index (χ4v) is 2.24. The predicted molar refractivity (Wildman–Crippen MR) is 78.6 cm³/mol. The number of alkyl halides is 1. The van der Waals surface area contributed by atoms with Crippen LogP contribution < -0.4 is 0 Å². The molecule has 1 atom stereocenters. The van der Waals surface area contributed by atoms with Crippen LogP contribution in [-0.4, -0.2) is 4.83 Å². The molecule has 0 amide bonds. The summed E-state index contributed by atoms with van der Waals surface area (Å²) in [7, 11) is 0. The molecule has 0 nitrogen and oxygen atoms in total. The fourth-order valence-electron chi connectivity index (χ4n) is 1.86. The molecule has 2 aromatic carbocycles. The number of hydrogen-bond acceptors (Lipinski definition) is 0. The third-order valence-electron chi connectivity index (χ3n) is 2.96. The van der Waals surface area contributed by atoms with Crippen molar-refractivity contribution in [2.75, 3.05) is 0 Å². The minimum absolute atomic E-state index is 0.588. The fraction of sp³-hybridized carbons (Fsp3) is 0.250. The van der Waals surface area contributed by atoms with Gasteiger partial charge in [0.1, 0.15) is 0 Å². The van der Waals surface area contributed by atoms with E-state index in [9.17, 15) is 0 Å². The Balaban J connectivity index is 2.13. The number of benzene rings is 2. The molecular formula is C16H17Br. The molecule has 0 saturated heterocycles. The molecule has 0 aliphatic carbocycles. The second-order valence-corrected chi connectivity index (χ2v) is 5.57. The van der Waals surface area contributed by atoms with Crippen LogP contribution in [0.5, 0.6) is 0 Å². The summed E-state index contributed by atoms with van der Waals surface area (Å²) in [4.78, 5) is 0.588. The van der Waals surface area contributed by atoms with Crippen molar-refractivity contribution in [3.05, 3.63) is 60.2 Å². The van der Waals surface area contributed by atoms with Crippen molar-refractivity contribution in [2.24, 2.45) is 0 Å². The second-order valence-electron chi connectivity index (χ2n) is 4.27. The molecule has 88 valence electrons. The lowest BCUT2D eigenvalue weighted by Crippen LogP contribution is -1.99. The average molecular weight is 289 g/mol. The topological polar surface area (TPSA) is 0 Å². The normalized spacial score (nSPS) is 12.4. The zero-order valence-electron chi connectivity index (χ0n) is 10.1. The highest BCUT2D eigenvalue weighted by molar-refractivity contribution is 9.09. The lowest BCUT2D eigenvalue weighted by atomic mass is 10.0. The van der Waals surface area contributed by atoms with Crippen LogP contribution in [0.3, 0.4) is 0 Å². The van der Waals surface area contributed by atoms with Gasteiger partial charge in [0, 0.05) is 4.83 Å². The molecule has 2 aromatic rings. The van der Waals surface area contributed by atoms with Crippen LogP contribution in [0.4, 0.5) is 0 Å². The Bertz CT molecular complexity index is 445. The van der Waals surface area contributed by atoms with Gasteiger partial charge in [-0.2, -0.15) is 0 Å². The predicted octanol–water partition coefficient (Wildman–Crippen LogP) is 5.07. The molecule has 0 heterocycles. The van der Waals surface area contributed by atoms with Crippen LogP contribution in [0.2, 0.25) is 0 Å². The summed E-state index contributed by atoms with van der Waals surface area (Å²) in [6, 6.07) is 19.4. The zero-order valence-corrected chi connectivity index (χ0v) is 11.7. The maximum atomic E-state index is 3.68. The zero-order chi connectivity index (χ0) is 12.1. The molecular weight excluding hydrogens is 272 g/mol. The molecule has 0 fully saturated rings. The first-order valence-corrected chi connectivity index (χ1v) is 6.99. The highest BCUT2D eigenvalue weighted by atomic mass is 79.9. The van der Waals surface area contributed by atoms with Crippen molar-refractivity contribution < 1.29 is 0 Å². The minimum Gasteiger partial charge on any atom is -0.0887 e. The van der Waals surface area contributed by atoms with E-state index < -0.39 is 0 Å². The molecule has 0 saturated carbocycles. The largest absolute Gasteiger partial charge is 0.0887 e. The molecule has 1 heteroatoms. The van der Waals surface area contributed by atoms with Crippen molar-refractivity contribution >= 4 is 15.9 Å². The second kappa shape index (κ2) is 6.02. The van der Waals surface area contributed by atoms with E-state index in [0.717, 1.165) is 6.42 Å². The molecule has 0 radical (unpaired) electrons. The van der Waals surface area contributed by atoms with Crippen molar-refractivity contribution in [1.82, 2.24) is 0 Å².